The summed E-state index contributed by atoms with van der Waals surface area (Å²) in [7, 11) is 6.46. The van der Waals surface area contributed by atoms with Gasteiger partial charge in [-0.2, -0.15) is 0 Å². The van der Waals surface area contributed by atoms with Gasteiger partial charge in [0.1, 0.15) is 6.10 Å². The highest BCUT2D eigenvalue weighted by molar-refractivity contribution is 5.43. The lowest BCUT2D eigenvalue weighted by molar-refractivity contribution is -0.160. The molecule has 34 heavy (non-hydrogen) atoms. The van der Waals surface area contributed by atoms with Crippen LogP contribution in [0.3, 0.4) is 0 Å². The number of benzene rings is 2. The third kappa shape index (κ3) is 6.13. The summed E-state index contributed by atoms with van der Waals surface area (Å²) in [5, 5.41) is 18.7. The third-order valence-electron chi connectivity index (χ3n) is 6.41. The van der Waals surface area contributed by atoms with E-state index in [1.807, 2.05) is 43.3 Å². The van der Waals surface area contributed by atoms with Gasteiger partial charge in [0.2, 0.25) is 0 Å². The van der Waals surface area contributed by atoms with Crippen LogP contribution >= 0.6 is 0 Å². The maximum absolute atomic E-state index is 11.9. The lowest BCUT2D eigenvalue weighted by atomic mass is 9.92. The summed E-state index contributed by atoms with van der Waals surface area (Å²) in [5.74, 6) is 2.68. The minimum Gasteiger partial charge on any atom is -0.493 e. The molecule has 1 aliphatic rings. The first-order chi connectivity index (χ1) is 16.4. The van der Waals surface area contributed by atoms with Crippen LogP contribution in [0.2, 0.25) is 0 Å². The normalized spacial score (nSPS) is 18.6. The molecule has 1 heterocycles. The second-order valence-corrected chi connectivity index (χ2v) is 8.52. The van der Waals surface area contributed by atoms with Crippen LogP contribution in [-0.2, 0) is 17.8 Å². The molecule has 2 aromatic rings. The molecule has 3 unspecified atom stereocenters. The van der Waals surface area contributed by atoms with E-state index in [0.29, 0.717) is 42.7 Å². The Hall–Kier alpha value is -2.52. The van der Waals surface area contributed by atoms with E-state index in [1.54, 1.807) is 28.4 Å². The van der Waals surface area contributed by atoms with Crippen molar-refractivity contribution in [3.05, 3.63) is 47.5 Å². The zero-order chi connectivity index (χ0) is 24.6. The van der Waals surface area contributed by atoms with Gasteiger partial charge in [0.05, 0.1) is 28.4 Å². The molecule has 1 fully saturated rings. The number of ether oxygens (including phenoxy) is 5. The van der Waals surface area contributed by atoms with Crippen molar-refractivity contribution in [3.63, 3.8) is 0 Å². The molecule has 2 aromatic carbocycles. The zero-order valence-corrected chi connectivity index (χ0v) is 20.8. The van der Waals surface area contributed by atoms with E-state index in [4.69, 9.17) is 23.7 Å². The highest BCUT2D eigenvalue weighted by atomic mass is 16.5. The van der Waals surface area contributed by atoms with E-state index in [9.17, 15) is 5.11 Å². The first kappa shape index (κ1) is 26.1. The SMILES string of the molecule is COc1ccc(CNC(C)C(O)(NCc2ccc(OC)c(OC)c2)C2CCCCO2)cc1OC. The molecule has 0 radical (unpaired) electrons. The summed E-state index contributed by atoms with van der Waals surface area (Å²) in [6.45, 7) is 3.61. The minimum atomic E-state index is -1.27. The van der Waals surface area contributed by atoms with Crippen LogP contribution in [0.15, 0.2) is 36.4 Å². The average Bonchev–Trinajstić information content (AvgIpc) is 2.90. The molecular formula is C26H38N2O6. The van der Waals surface area contributed by atoms with E-state index in [1.165, 1.54) is 0 Å². The predicted octanol–water partition coefficient (Wildman–Crippen LogP) is 3.25. The van der Waals surface area contributed by atoms with Crippen LogP contribution < -0.4 is 29.6 Å². The average molecular weight is 475 g/mol. The van der Waals surface area contributed by atoms with Crippen LogP contribution in [0.5, 0.6) is 23.0 Å². The molecule has 8 heteroatoms. The largest absolute Gasteiger partial charge is 0.493 e. The number of nitrogens with one attached hydrogen (secondary N) is 2. The number of aliphatic hydroxyl groups is 1. The molecule has 1 saturated heterocycles. The van der Waals surface area contributed by atoms with E-state index >= 15 is 0 Å². The lowest BCUT2D eigenvalue weighted by Crippen LogP contribution is -2.66. The molecule has 3 atom stereocenters. The van der Waals surface area contributed by atoms with Gasteiger partial charge in [-0.25, -0.2) is 0 Å². The smallest absolute Gasteiger partial charge is 0.161 e. The molecule has 188 valence electrons. The molecule has 0 bridgehead atoms. The van der Waals surface area contributed by atoms with Crippen molar-refractivity contribution >= 4 is 0 Å². The standard InChI is InChI=1S/C26H38N2O6/c1-18(27-16-19-9-11-21(30-2)23(14-19)32-4)26(29,25-8-6-7-13-34-25)28-17-20-10-12-22(31-3)24(15-20)33-5/h9-12,14-15,18,25,27-29H,6-8,13,16-17H2,1-5H3. The molecule has 0 aromatic heterocycles. The van der Waals surface area contributed by atoms with E-state index in [-0.39, 0.29) is 12.1 Å². The van der Waals surface area contributed by atoms with E-state index in [2.05, 4.69) is 10.6 Å². The summed E-state index contributed by atoms with van der Waals surface area (Å²) in [4.78, 5) is 0. The number of hydrogen-bond acceptors (Lipinski definition) is 8. The van der Waals surface area contributed by atoms with Gasteiger partial charge in [-0.15, -0.1) is 0 Å². The van der Waals surface area contributed by atoms with Gasteiger partial charge >= 0.3 is 0 Å². The van der Waals surface area contributed by atoms with Crippen molar-refractivity contribution in [1.82, 2.24) is 10.6 Å². The van der Waals surface area contributed by atoms with Gasteiger partial charge in [0.25, 0.3) is 0 Å². The molecule has 0 amide bonds. The highest BCUT2D eigenvalue weighted by Gasteiger charge is 2.43. The Balaban J connectivity index is 1.74. The summed E-state index contributed by atoms with van der Waals surface area (Å²) in [6.07, 6.45) is 2.50. The van der Waals surface area contributed by atoms with Crippen LogP contribution in [-0.4, -0.2) is 58.0 Å². The number of methoxy groups -OCH3 is 4. The van der Waals surface area contributed by atoms with Crippen molar-refractivity contribution in [3.8, 4) is 23.0 Å². The molecule has 3 N–H and O–H groups in total. The number of hydrogen-bond donors (Lipinski definition) is 3. The van der Waals surface area contributed by atoms with Crippen molar-refractivity contribution in [2.75, 3.05) is 35.0 Å². The maximum atomic E-state index is 11.9. The summed E-state index contributed by atoms with van der Waals surface area (Å²) in [6, 6.07) is 11.2. The van der Waals surface area contributed by atoms with Crippen LogP contribution in [0.4, 0.5) is 0 Å². The Kier molecular flexibility index (Phi) is 9.41. The van der Waals surface area contributed by atoms with Crippen LogP contribution in [0.25, 0.3) is 0 Å². The van der Waals surface area contributed by atoms with Crippen molar-refractivity contribution < 1.29 is 28.8 Å². The van der Waals surface area contributed by atoms with Gasteiger partial charge in [-0.3, -0.25) is 5.32 Å². The Morgan fingerprint density at radius 2 is 1.44 bits per heavy atom. The van der Waals surface area contributed by atoms with Crippen LogP contribution in [0.1, 0.15) is 37.3 Å². The Morgan fingerprint density at radius 3 is 1.94 bits per heavy atom. The fourth-order valence-electron chi connectivity index (χ4n) is 4.28. The summed E-state index contributed by atoms with van der Waals surface area (Å²) < 4.78 is 27.5. The second-order valence-electron chi connectivity index (χ2n) is 8.52. The molecule has 0 saturated carbocycles. The quantitative estimate of drug-likeness (QED) is 0.404. The zero-order valence-electron chi connectivity index (χ0n) is 20.8. The van der Waals surface area contributed by atoms with Crippen molar-refractivity contribution in [2.24, 2.45) is 0 Å². The molecular weight excluding hydrogens is 436 g/mol. The second kappa shape index (κ2) is 12.3. The fraction of sp³-hybridized carbons (Fsp3) is 0.538. The van der Waals surface area contributed by atoms with Crippen LogP contribution in [0, 0.1) is 0 Å². The molecule has 0 spiro atoms. The van der Waals surface area contributed by atoms with E-state index in [0.717, 1.165) is 30.4 Å². The Morgan fingerprint density at radius 1 is 0.882 bits per heavy atom. The minimum absolute atomic E-state index is 0.302. The van der Waals surface area contributed by atoms with E-state index < -0.39 is 5.72 Å². The molecule has 0 aliphatic carbocycles. The molecule has 8 nitrogen and oxygen atoms in total. The topological polar surface area (TPSA) is 90.4 Å². The third-order valence-corrected chi connectivity index (χ3v) is 6.41. The first-order valence-corrected chi connectivity index (χ1v) is 11.7. The molecule has 1 aliphatic heterocycles. The van der Waals surface area contributed by atoms with Gasteiger partial charge in [0.15, 0.2) is 28.7 Å². The summed E-state index contributed by atoms with van der Waals surface area (Å²) in [5.41, 5.74) is 0.722. The Bertz CT molecular complexity index is 918. The number of rotatable bonds is 12. The Labute approximate surface area is 202 Å². The van der Waals surface area contributed by atoms with Gasteiger partial charge in [-0.1, -0.05) is 12.1 Å². The van der Waals surface area contributed by atoms with Gasteiger partial charge < -0.3 is 34.1 Å². The maximum Gasteiger partial charge on any atom is 0.161 e. The van der Waals surface area contributed by atoms with Gasteiger partial charge in [-0.05, 0) is 61.6 Å². The predicted molar refractivity (Wildman–Crippen MR) is 131 cm³/mol. The molecule has 3 rings (SSSR count). The first-order valence-electron chi connectivity index (χ1n) is 11.7. The van der Waals surface area contributed by atoms with Crippen molar-refractivity contribution in [2.45, 2.75) is 57.1 Å². The fourth-order valence-corrected chi connectivity index (χ4v) is 4.28. The lowest BCUT2D eigenvalue weighted by Gasteiger charge is -2.43. The van der Waals surface area contributed by atoms with Gasteiger partial charge in [0, 0.05) is 25.7 Å². The summed E-state index contributed by atoms with van der Waals surface area (Å²) >= 11 is 0. The van der Waals surface area contributed by atoms with Crippen molar-refractivity contribution in [1.29, 1.82) is 0 Å². The highest BCUT2D eigenvalue weighted by Crippen LogP contribution is 2.30. The monoisotopic (exact) mass is 474 g/mol.